The van der Waals surface area contributed by atoms with Crippen molar-refractivity contribution in [3.8, 4) is 5.75 Å². The zero-order chi connectivity index (χ0) is 9.84. The molecule has 0 aliphatic heterocycles. The highest BCUT2D eigenvalue weighted by molar-refractivity contribution is 5.71. The molecule has 0 spiro atoms. The number of aryl methyl sites for hydroxylation is 1. The highest BCUT2D eigenvalue weighted by atomic mass is 19.3. The molecule has 0 bridgehead atoms. The fourth-order valence-electron chi connectivity index (χ4n) is 0.854. The zero-order valence-electron chi connectivity index (χ0n) is 6.83. The summed E-state index contributed by atoms with van der Waals surface area (Å²) in [5, 5.41) is 0. The van der Waals surface area contributed by atoms with E-state index in [1.165, 1.54) is 19.1 Å². The molecule has 0 saturated heterocycles. The van der Waals surface area contributed by atoms with Crippen molar-refractivity contribution in [2.24, 2.45) is 0 Å². The van der Waals surface area contributed by atoms with E-state index < -0.39 is 6.61 Å². The van der Waals surface area contributed by atoms with Gasteiger partial charge in [-0.25, -0.2) is 4.98 Å². The Kier molecular flexibility index (Phi) is 2.89. The first-order valence-electron chi connectivity index (χ1n) is 3.51. The molecule has 1 aromatic rings. The number of rotatable bonds is 3. The standard InChI is InChI=1S/C8H7F2NO2/c1-5-7(13-8(9)10)3-2-6(4-12)11-5/h2-4,8H,1H3. The summed E-state index contributed by atoms with van der Waals surface area (Å²) >= 11 is 0. The van der Waals surface area contributed by atoms with Crippen molar-refractivity contribution in [2.45, 2.75) is 13.5 Å². The quantitative estimate of drug-likeness (QED) is 0.677. The topological polar surface area (TPSA) is 39.2 Å². The second kappa shape index (κ2) is 3.93. The van der Waals surface area contributed by atoms with Crippen LogP contribution in [0.1, 0.15) is 16.2 Å². The van der Waals surface area contributed by atoms with Crippen LogP contribution in [-0.2, 0) is 0 Å². The summed E-state index contributed by atoms with van der Waals surface area (Å²) in [6.45, 7) is -1.38. The van der Waals surface area contributed by atoms with Crippen LogP contribution in [-0.4, -0.2) is 17.9 Å². The monoisotopic (exact) mass is 187 g/mol. The molecule has 0 amide bonds. The number of pyridine rings is 1. The predicted octanol–water partition coefficient (Wildman–Crippen LogP) is 1.80. The van der Waals surface area contributed by atoms with Crippen molar-refractivity contribution in [2.75, 3.05) is 0 Å². The summed E-state index contributed by atoms with van der Waals surface area (Å²) in [6, 6.07) is 2.61. The van der Waals surface area contributed by atoms with Crippen LogP contribution in [0, 0.1) is 6.92 Å². The maximum atomic E-state index is 11.8. The first-order valence-corrected chi connectivity index (χ1v) is 3.51. The van der Waals surface area contributed by atoms with E-state index in [9.17, 15) is 13.6 Å². The van der Waals surface area contributed by atoms with Gasteiger partial charge in [-0.15, -0.1) is 0 Å². The Morgan fingerprint density at radius 2 is 2.23 bits per heavy atom. The van der Waals surface area contributed by atoms with E-state index in [2.05, 4.69) is 9.72 Å². The first-order chi connectivity index (χ1) is 6.13. The number of aldehydes is 1. The summed E-state index contributed by atoms with van der Waals surface area (Å²) in [6.07, 6.45) is 0.541. The van der Waals surface area contributed by atoms with Gasteiger partial charge in [0, 0.05) is 0 Å². The van der Waals surface area contributed by atoms with Crippen LogP contribution in [0.2, 0.25) is 0 Å². The Labute approximate surface area is 73.4 Å². The number of nitrogens with zero attached hydrogens (tertiary/aromatic N) is 1. The lowest BCUT2D eigenvalue weighted by Gasteiger charge is -2.06. The molecule has 1 rings (SSSR count). The van der Waals surface area contributed by atoms with Crippen LogP contribution >= 0.6 is 0 Å². The molecule has 1 aromatic heterocycles. The first kappa shape index (κ1) is 9.57. The second-order valence-corrected chi connectivity index (χ2v) is 2.32. The Bertz CT molecular complexity index is 315. The van der Waals surface area contributed by atoms with Crippen molar-refractivity contribution in [1.82, 2.24) is 4.98 Å². The normalized spacial score (nSPS) is 10.2. The number of carbonyl (C=O) groups is 1. The van der Waals surface area contributed by atoms with E-state index in [1.54, 1.807) is 0 Å². The molecule has 3 nitrogen and oxygen atoms in total. The van der Waals surface area contributed by atoms with Gasteiger partial charge in [0.1, 0.15) is 11.4 Å². The van der Waals surface area contributed by atoms with Crippen molar-refractivity contribution in [3.05, 3.63) is 23.5 Å². The fraction of sp³-hybridized carbons (Fsp3) is 0.250. The van der Waals surface area contributed by atoms with Gasteiger partial charge in [-0.05, 0) is 19.1 Å². The van der Waals surface area contributed by atoms with Gasteiger partial charge in [-0.3, -0.25) is 4.79 Å². The molecule has 0 atom stereocenters. The van der Waals surface area contributed by atoms with Gasteiger partial charge in [0.15, 0.2) is 6.29 Å². The van der Waals surface area contributed by atoms with E-state index in [0.29, 0.717) is 6.29 Å². The number of hydrogen-bond donors (Lipinski definition) is 0. The van der Waals surface area contributed by atoms with Crippen molar-refractivity contribution in [1.29, 1.82) is 0 Å². The lowest BCUT2D eigenvalue weighted by molar-refractivity contribution is -0.0505. The molecule has 0 aliphatic rings. The SMILES string of the molecule is Cc1nc(C=O)ccc1OC(F)F. The molecule has 70 valence electrons. The molecule has 0 radical (unpaired) electrons. The highest BCUT2D eigenvalue weighted by Gasteiger charge is 2.07. The fourth-order valence-corrected chi connectivity index (χ4v) is 0.854. The number of halogens is 2. The average Bonchev–Trinajstić information content (AvgIpc) is 2.08. The van der Waals surface area contributed by atoms with Crippen LogP contribution in [0.15, 0.2) is 12.1 Å². The van der Waals surface area contributed by atoms with Gasteiger partial charge in [-0.2, -0.15) is 8.78 Å². The van der Waals surface area contributed by atoms with Crippen LogP contribution < -0.4 is 4.74 Å². The predicted molar refractivity (Wildman–Crippen MR) is 41.0 cm³/mol. The van der Waals surface area contributed by atoms with Crippen LogP contribution in [0.25, 0.3) is 0 Å². The summed E-state index contributed by atoms with van der Waals surface area (Å²) in [5.41, 5.74) is 0.462. The molecule has 0 aromatic carbocycles. The van der Waals surface area contributed by atoms with Gasteiger partial charge < -0.3 is 4.74 Å². The van der Waals surface area contributed by atoms with Crippen molar-refractivity contribution < 1.29 is 18.3 Å². The highest BCUT2D eigenvalue weighted by Crippen LogP contribution is 2.17. The Morgan fingerprint density at radius 1 is 1.54 bits per heavy atom. The van der Waals surface area contributed by atoms with Crippen molar-refractivity contribution in [3.63, 3.8) is 0 Å². The molecule has 0 saturated carbocycles. The number of hydrogen-bond acceptors (Lipinski definition) is 3. The van der Waals surface area contributed by atoms with Crippen LogP contribution in [0.4, 0.5) is 8.78 Å². The second-order valence-electron chi connectivity index (χ2n) is 2.32. The molecule has 1 heterocycles. The van der Waals surface area contributed by atoms with Crippen molar-refractivity contribution >= 4 is 6.29 Å². The maximum absolute atomic E-state index is 11.8. The lowest BCUT2D eigenvalue weighted by atomic mass is 10.3. The molecule has 5 heteroatoms. The van der Waals surface area contributed by atoms with Crippen LogP contribution in [0.3, 0.4) is 0 Å². The number of carbonyl (C=O) groups excluding carboxylic acids is 1. The minimum absolute atomic E-state index is 0.0133. The largest absolute Gasteiger partial charge is 0.433 e. The number of aromatic nitrogens is 1. The zero-order valence-corrected chi connectivity index (χ0v) is 6.83. The molecule has 0 fully saturated rings. The third kappa shape index (κ3) is 2.47. The van der Waals surface area contributed by atoms with E-state index in [-0.39, 0.29) is 17.1 Å². The van der Waals surface area contributed by atoms with E-state index in [4.69, 9.17) is 0 Å². The average molecular weight is 187 g/mol. The summed E-state index contributed by atoms with van der Waals surface area (Å²) in [4.78, 5) is 14.0. The van der Waals surface area contributed by atoms with E-state index in [0.717, 1.165) is 0 Å². The molecule has 0 aliphatic carbocycles. The Balaban J connectivity index is 2.91. The molecule has 13 heavy (non-hydrogen) atoms. The van der Waals surface area contributed by atoms with E-state index in [1.807, 2.05) is 0 Å². The van der Waals surface area contributed by atoms with Gasteiger partial charge in [-0.1, -0.05) is 0 Å². The number of ether oxygens (including phenoxy) is 1. The third-order valence-corrected chi connectivity index (χ3v) is 1.40. The smallest absolute Gasteiger partial charge is 0.387 e. The Morgan fingerprint density at radius 3 is 2.69 bits per heavy atom. The minimum atomic E-state index is -2.87. The molecular formula is C8H7F2NO2. The van der Waals surface area contributed by atoms with Gasteiger partial charge in [0.25, 0.3) is 0 Å². The maximum Gasteiger partial charge on any atom is 0.387 e. The lowest BCUT2D eigenvalue weighted by Crippen LogP contribution is -2.04. The number of alkyl halides is 2. The molecule has 0 N–H and O–H groups in total. The summed E-state index contributed by atoms with van der Waals surface area (Å²) in [7, 11) is 0. The third-order valence-electron chi connectivity index (χ3n) is 1.40. The van der Waals surface area contributed by atoms with Crippen LogP contribution in [0.5, 0.6) is 5.75 Å². The summed E-state index contributed by atoms with van der Waals surface area (Å²) in [5.74, 6) is -0.0133. The van der Waals surface area contributed by atoms with Gasteiger partial charge in [0.05, 0.1) is 5.69 Å². The molecular weight excluding hydrogens is 180 g/mol. The molecule has 0 unspecified atom stereocenters. The van der Waals surface area contributed by atoms with Gasteiger partial charge in [0.2, 0.25) is 0 Å². The van der Waals surface area contributed by atoms with Gasteiger partial charge >= 0.3 is 6.61 Å². The minimum Gasteiger partial charge on any atom is -0.433 e. The summed E-state index contributed by atoms with van der Waals surface area (Å²) < 4.78 is 27.7. The van der Waals surface area contributed by atoms with E-state index >= 15 is 0 Å². The Hall–Kier alpha value is -1.52.